The second kappa shape index (κ2) is 9.34. The van der Waals surface area contributed by atoms with Crippen molar-refractivity contribution in [3.63, 3.8) is 0 Å². The molecule has 3 rings (SSSR count). The van der Waals surface area contributed by atoms with Gasteiger partial charge in [-0.2, -0.15) is 0 Å². The van der Waals surface area contributed by atoms with Gasteiger partial charge in [-0.1, -0.05) is 33.1 Å². The number of hydrogen-bond donors (Lipinski definition) is 1. The average Bonchev–Trinajstić information content (AvgIpc) is 3.19. The van der Waals surface area contributed by atoms with E-state index in [1.807, 2.05) is 24.4 Å². The topological polar surface area (TPSA) is 89.0 Å². The Morgan fingerprint density at radius 1 is 1.21 bits per heavy atom. The molecular formula is C21H29N3O3S2. The molecule has 1 aliphatic rings. The van der Waals surface area contributed by atoms with E-state index >= 15 is 0 Å². The number of hydrogen-bond acceptors (Lipinski definition) is 6. The highest BCUT2D eigenvalue weighted by molar-refractivity contribution is 7.93. The predicted molar refractivity (Wildman–Crippen MR) is 116 cm³/mol. The number of carbonyl (C=O) groups excluding carboxylic acids is 1. The van der Waals surface area contributed by atoms with Crippen molar-refractivity contribution < 1.29 is 13.2 Å². The number of pyridine rings is 1. The lowest BCUT2D eigenvalue weighted by Gasteiger charge is -2.29. The van der Waals surface area contributed by atoms with E-state index < -0.39 is 26.2 Å². The van der Waals surface area contributed by atoms with Gasteiger partial charge in [0, 0.05) is 23.3 Å². The Hall–Kier alpha value is -1.80. The molecule has 0 spiro atoms. The number of sulfone groups is 1. The highest BCUT2D eigenvalue weighted by Crippen LogP contribution is 2.30. The van der Waals surface area contributed by atoms with Gasteiger partial charge in [0.1, 0.15) is 10.3 Å². The molecule has 1 saturated carbocycles. The SMILES string of the molecule is CC(NC(=O)C(C(C)C)S(=O)(=O)C1CCCCC1)c1nc(-c2cccnc2)cs1. The van der Waals surface area contributed by atoms with Crippen molar-refractivity contribution in [2.24, 2.45) is 5.92 Å². The molecular weight excluding hydrogens is 406 g/mol. The van der Waals surface area contributed by atoms with Crippen LogP contribution in [0.1, 0.15) is 63.9 Å². The molecule has 0 aromatic carbocycles. The van der Waals surface area contributed by atoms with E-state index in [0.29, 0.717) is 12.8 Å². The van der Waals surface area contributed by atoms with Gasteiger partial charge < -0.3 is 5.32 Å². The zero-order valence-corrected chi connectivity index (χ0v) is 18.8. The van der Waals surface area contributed by atoms with Gasteiger partial charge in [0.2, 0.25) is 5.91 Å². The van der Waals surface area contributed by atoms with Crippen molar-refractivity contribution in [3.05, 3.63) is 34.9 Å². The minimum absolute atomic E-state index is 0.281. The third-order valence-electron chi connectivity index (χ3n) is 5.44. The number of rotatable bonds is 7. The molecule has 0 radical (unpaired) electrons. The first-order chi connectivity index (χ1) is 13.8. The van der Waals surface area contributed by atoms with Crippen molar-refractivity contribution in [2.45, 2.75) is 69.4 Å². The van der Waals surface area contributed by atoms with Crippen LogP contribution >= 0.6 is 11.3 Å². The zero-order chi connectivity index (χ0) is 21.0. The monoisotopic (exact) mass is 435 g/mol. The predicted octanol–water partition coefficient (Wildman–Crippen LogP) is 4.15. The van der Waals surface area contributed by atoms with Crippen LogP contribution in [0.4, 0.5) is 0 Å². The summed E-state index contributed by atoms with van der Waals surface area (Å²) in [5.74, 6) is -0.701. The van der Waals surface area contributed by atoms with E-state index in [0.717, 1.165) is 35.5 Å². The smallest absolute Gasteiger partial charge is 0.239 e. The Labute approximate surface area is 177 Å². The molecule has 2 heterocycles. The maximum atomic E-state index is 13.2. The Morgan fingerprint density at radius 3 is 2.55 bits per heavy atom. The molecule has 0 bridgehead atoms. The Bertz CT molecular complexity index is 920. The first kappa shape index (κ1) is 21.9. The highest BCUT2D eigenvalue weighted by Gasteiger charge is 2.41. The van der Waals surface area contributed by atoms with Crippen LogP contribution in [0.25, 0.3) is 11.3 Å². The van der Waals surface area contributed by atoms with Gasteiger partial charge in [0.25, 0.3) is 0 Å². The Morgan fingerprint density at radius 2 is 1.93 bits per heavy atom. The van der Waals surface area contributed by atoms with Crippen LogP contribution in [0.15, 0.2) is 29.9 Å². The summed E-state index contributed by atoms with van der Waals surface area (Å²) < 4.78 is 26.4. The van der Waals surface area contributed by atoms with E-state index in [4.69, 9.17) is 0 Å². The Kier molecular flexibility index (Phi) is 7.05. The standard InChI is InChI=1S/C21H29N3O3S2/c1-14(2)19(29(26,27)17-9-5-4-6-10-17)20(25)23-15(3)21-24-18(13-28-21)16-8-7-11-22-12-16/h7-8,11-15,17,19H,4-6,9-10H2,1-3H3,(H,23,25). The maximum Gasteiger partial charge on any atom is 0.239 e. The quantitative estimate of drug-likeness (QED) is 0.705. The lowest BCUT2D eigenvalue weighted by molar-refractivity contribution is -0.122. The van der Waals surface area contributed by atoms with E-state index in [1.54, 1.807) is 26.2 Å². The molecule has 6 nitrogen and oxygen atoms in total. The average molecular weight is 436 g/mol. The molecule has 1 aliphatic carbocycles. The summed E-state index contributed by atoms with van der Waals surface area (Å²) in [6.07, 6.45) is 7.69. The van der Waals surface area contributed by atoms with Crippen LogP contribution in [0.3, 0.4) is 0 Å². The molecule has 1 N–H and O–H groups in total. The summed E-state index contributed by atoms with van der Waals surface area (Å²) >= 11 is 1.45. The second-order valence-electron chi connectivity index (χ2n) is 8.06. The van der Waals surface area contributed by atoms with Crippen LogP contribution < -0.4 is 5.32 Å². The largest absolute Gasteiger partial charge is 0.346 e. The minimum Gasteiger partial charge on any atom is -0.346 e. The molecule has 2 aromatic heterocycles. The molecule has 1 fully saturated rings. The molecule has 158 valence electrons. The summed E-state index contributed by atoms with van der Waals surface area (Å²) in [6, 6.07) is 3.42. The van der Waals surface area contributed by atoms with Gasteiger partial charge in [-0.3, -0.25) is 9.78 Å². The van der Waals surface area contributed by atoms with Gasteiger partial charge in [-0.25, -0.2) is 13.4 Å². The van der Waals surface area contributed by atoms with Crippen LogP contribution in [0.2, 0.25) is 0 Å². The number of amides is 1. The Balaban J connectivity index is 1.74. The van der Waals surface area contributed by atoms with Crippen molar-refractivity contribution in [2.75, 3.05) is 0 Å². The molecule has 8 heteroatoms. The molecule has 0 aliphatic heterocycles. The molecule has 1 amide bonds. The fraction of sp³-hybridized carbons (Fsp3) is 0.571. The summed E-state index contributed by atoms with van der Waals surface area (Å²) in [5.41, 5.74) is 1.71. The summed E-state index contributed by atoms with van der Waals surface area (Å²) in [4.78, 5) is 21.7. The van der Waals surface area contributed by atoms with Gasteiger partial charge in [0.15, 0.2) is 9.84 Å². The van der Waals surface area contributed by atoms with Crippen LogP contribution in [0, 0.1) is 5.92 Å². The fourth-order valence-electron chi connectivity index (χ4n) is 3.92. The second-order valence-corrected chi connectivity index (χ2v) is 11.3. The zero-order valence-electron chi connectivity index (χ0n) is 17.2. The summed E-state index contributed by atoms with van der Waals surface area (Å²) in [6.45, 7) is 5.45. The summed E-state index contributed by atoms with van der Waals surface area (Å²) in [7, 11) is -3.53. The first-order valence-electron chi connectivity index (χ1n) is 10.2. The normalized spacial score (nSPS) is 17.8. The van der Waals surface area contributed by atoms with Gasteiger partial charge in [-0.15, -0.1) is 11.3 Å². The number of aromatic nitrogens is 2. The molecule has 29 heavy (non-hydrogen) atoms. The summed E-state index contributed by atoms with van der Waals surface area (Å²) in [5, 5.41) is 4.15. The molecule has 0 saturated heterocycles. The minimum atomic E-state index is -3.53. The van der Waals surface area contributed by atoms with Gasteiger partial charge in [0.05, 0.1) is 17.0 Å². The van der Waals surface area contributed by atoms with E-state index in [1.165, 1.54) is 11.3 Å². The first-order valence-corrected chi connectivity index (χ1v) is 12.7. The van der Waals surface area contributed by atoms with E-state index in [-0.39, 0.29) is 12.0 Å². The van der Waals surface area contributed by atoms with Crippen LogP contribution in [-0.2, 0) is 14.6 Å². The molecule has 2 aromatic rings. The van der Waals surface area contributed by atoms with Crippen LogP contribution in [0.5, 0.6) is 0 Å². The van der Waals surface area contributed by atoms with Crippen molar-refractivity contribution in [1.82, 2.24) is 15.3 Å². The van der Waals surface area contributed by atoms with Crippen molar-refractivity contribution >= 4 is 27.1 Å². The molecule has 2 atom stereocenters. The van der Waals surface area contributed by atoms with Crippen molar-refractivity contribution in [3.8, 4) is 11.3 Å². The van der Waals surface area contributed by atoms with Crippen LogP contribution in [-0.4, -0.2) is 34.8 Å². The third-order valence-corrected chi connectivity index (χ3v) is 9.34. The lowest BCUT2D eigenvalue weighted by atomic mass is 10.0. The fourth-order valence-corrected chi connectivity index (χ4v) is 7.29. The van der Waals surface area contributed by atoms with Crippen molar-refractivity contribution in [1.29, 1.82) is 0 Å². The maximum absolute atomic E-state index is 13.2. The number of carbonyl (C=O) groups is 1. The molecule has 2 unspecified atom stereocenters. The van der Waals surface area contributed by atoms with Gasteiger partial charge >= 0.3 is 0 Å². The number of thiazole rings is 1. The highest BCUT2D eigenvalue weighted by atomic mass is 32.2. The van der Waals surface area contributed by atoms with E-state index in [9.17, 15) is 13.2 Å². The van der Waals surface area contributed by atoms with Gasteiger partial charge in [-0.05, 0) is 37.8 Å². The third kappa shape index (κ3) is 5.04. The lowest BCUT2D eigenvalue weighted by Crippen LogP contribution is -2.47. The number of nitrogens with one attached hydrogen (secondary N) is 1. The number of nitrogens with zero attached hydrogens (tertiary/aromatic N) is 2. The van der Waals surface area contributed by atoms with E-state index in [2.05, 4.69) is 15.3 Å².